The van der Waals surface area contributed by atoms with E-state index < -0.39 is 18.4 Å². The molecule has 0 aliphatic carbocycles. The zero-order valence-corrected chi connectivity index (χ0v) is 11.0. The monoisotopic (exact) mass is 266 g/mol. The van der Waals surface area contributed by atoms with Gasteiger partial charge in [0.25, 0.3) is 0 Å². The molecule has 0 rings (SSSR count). The van der Waals surface area contributed by atoms with Crippen LogP contribution in [0.2, 0.25) is 19.3 Å². The summed E-state index contributed by atoms with van der Waals surface area (Å²) < 4.78 is 1.51. The fourth-order valence-electron chi connectivity index (χ4n) is 1.12. The van der Waals surface area contributed by atoms with Crippen LogP contribution in [0.15, 0.2) is 0 Å². The summed E-state index contributed by atoms with van der Waals surface area (Å²) in [5.74, 6) is 0. The van der Waals surface area contributed by atoms with Crippen LogP contribution in [0.25, 0.3) is 0 Å². The number of aliphatic hydroxyl groups is 1. The molecule has 68 valence electrons. The van der Waals surface area contributed by atoms with Crippen molar-refractivity contribution in [3.05, 3.63) is 0 Å². The van der Waals surface area contributed by atoms with Gasteiger partial charge in [0.2, 0.25) is 0 Å². The number of hydrogen-bond acceptors (Lipinski definition) is 1. The fourth-order valence-corrected chi connectivity index (χ4v) is 4.86. The predicted octanol–water partition coefficient (Wildman–Crippen LogP) is 2.88. The summed E-state index contributed by atoms with van der Waals surface area (Å²) in [5.41, 5.74) is 0. The Hall–Kier alpha value is 0.759. The van der Waals surface area contributed by atoms with Crippen LogP contribution in [-0.4, -0.2) is 30.1 Å². The van der Waals surface area contributed by atoms with E-state index in [2.05, 4.69) is 14.8 Å². The standard InChI is InChI=1S/C6H13O.3CH3.Sn/c1-2-3-4-5-6-7;;;;/h7H,1-6H2;3*1H3;. The van der Waals surface area contributed by atoms with E-state index in [4.69, 9.17) is 5.11 Å². The van der Waals surface area contributed by atoms with Crippen LogP contribution < -0.4 is 0 Å². The first-order valence-electron chi connectivity index (χ1n) is 4.67. The first-order chi connectivity index (χ1) is 5.06. The van der Waals surface area contributed by atoms with E-state index in [0.29, 0.717) is 6.61 Å². The summed E-state index contributed by atoms with van der Waals surface area (Å²) >= 11 is -1.43. The van der Waals surface area contributed by atoms with Gasteiger partial charge in [0, 0.05) is 0 Å². The zero-order chi connectivity index (χ0) is 8.74. The Bertz CT molecular complexity index is 86.1. The van der Waals surface area contributed by atoms with Gasteiger partial charge in [0.1, 0.15) is 0 Å². The normalized spacial score (nSPS) is 12.0. The molecule has 0 amide bonds. The van der Waals surface area contributed by atoms with Crippen molar-refractivity contribution in [1.82, 2.24) is 0 Å². The number of unbranched alkanes of at least 4 members (excludes halogenated alkanes) is 3. The van der Waals surface area contributed by atoms with Gasteiger partial charge in [-0.25, -0.2) is 0 Å². The molecule has 1 N–H and O–H groups in total. The van der Waals surface area contributed by atoms with Gasteiger partial charge in [-0.15, -0.1) is 0 Å². The summed E-state index contributed by atoms with van der Waals surface area (Å²) in [4.78, 5) is 7.46. The van der Waals surface area contributed by atoms with E-state index >= 15 is 0 Å². The predicted molar refractivity (Wildman–Crippen MR) is 53.7 cm³/mol. The Labute approximate surface area is 75.1 Å². The third-order valence-electron chi connectivity index (χ3n) is 1.83. The second-order valence-electron chi connectivity index (χ2n) is 4.45. The first-order valence-corrected chi connectivity index (χ1v) is 15.3. The van der Waals surface area contributed by atoms with Gasteiger partial charge < -0.3 is 0 Å². The Morgan fingerprint density at radius 3 is 1.91 bits per heavy atom. The Balaban J connectivity index is 3.02. The van der Waals surface area contributed by atoms with Gasteiger partial charge >= 0.3 is 75.0 Å². The molecule has 0 unspecified atom stereocenters. The second kappa shape index (κ2) is 6.29. The van der Waals surface area contributed by atoms with Crippen molar-refractivity contribution in [3.8, 4) is 0 Å². The molecule has 11 heavy (non-hydrogen) atoms. The number of aliphatic hydroxyl groups excluding tert-OH is 1. The third-order valence-corrected chi connectivity index (χ3v) is 7.13. The average molecular weight is 265 g/mol. The molecule has 2 heteroatoms. The van der Waals surface area contributed by atoms with Crippen molar-refractivity contribution in [2.24, 2.45) is 0 Å². The maximum absolute atomic E-state index is 8.54. The molecule has 0 aliphatic heterocycles. The zero-order valence-electron chi connectivity index (χ0n) is 8.19. The summed E-state index contributed by atoms with van der Waals surface area (Å²) in [6, 6.07) is 0. The van der Waals surface area contributed by atoms with Crippen LogP contribution in [0.3, 0.4) is 0 Å². The molecule has 0 radical (unpaired) electrons. The van der Waals surface area contributed by atoms with Crippen LogP contribution in [0.4, 0.5) is 0 Å². The van der Waals surface area contributed by atoms with Gasteiger partial charge in [-0.2, -0.15) is 0 Å². The van der Waals surface area contributed by atoms with Crippen molar-refractivity contribution in [1.29, 1.82) is 0 Å². The Morgan fingerprint density at radius 1 is 0.909 bits per heavy atom. The quantitative estimate of drug-likeness (QED) is 0.578. The molecule has 0 bridgehead atoms. The van der Waals surface area contributed by atoms with E-state index in [1.807, 2.05) is 0 Å². The van der Waals surface area contributed by atoms with Gasteiger partial charge in [0.15, 0.2) is 0 Å². The van der Waals surface area contributed by atoms with Crippen LogP contribution in [0.5, 0.6) is 0 Å². The molecule has 0 aromatic carbocycles. The first kappa shape index (κ1) is 11.8. The van der Waals surface area contributed by atoms with Crippen molar-refractivity contribution in [2.75, 3.05) is 6.61 Å². The average Bonchev–Trinajstić information content (AvgIpc) is 1.85. The molecular weight excluding hydrogens is 243 g/mol. The summed E-state index contributed by atoms with van der Waals surface area (Å²) in [6.07, 6.45) is 4.95. The Kier molecular flexibility index (Phi) is 6.73. The van der Waals surface area contributed by atoms with E-state index in [1.54, 1.807) is 0 Å². The van der Waals surface area contributed by atoms with Gasteiger partial charge in [-0.1, -0.05) is 0 Å². The molecule has 0 spiro atoms. The van der Waals surface area contributed by atoms with Gasteiger partial charge in [-0.3, -0.25) is 0 Å². The Morgan fingerprint density at radius 2 is 1.45 bits per heavy atom. The molecule has 0 aromatic rings. The molecule has 0 heterocycles. The van der Waals surface area contributed by atoms with Crippen molar-refractivity contribution in [3.63, 3.8) is 0 Å². The number of rotatable bonds is 6. The van der Waals surface area contributed by atoms with Crippen LogP contribution in [-0.2, 0) is 0 Å². The molecule has 0 atom stereocenters. The summed E-state index contributed by atoms with van der Waals surface area (Å²) in [7, 11) is 0. The van der Waals surface area contributed by atoms with Crippen molar-refractivity contribution >= 4 is 18.4 Å². The molecule has 0 aromatic heterocycles. The molecule has 0 saturated heterocycles. The maximum atomic E-state index is 8.54. The fraction of sp³-hybridized carbons (Fsp3) is 1.00. The van der Waals surface area contributed by atoms with E-state index in [9.17, 15) is 0 Å². The van der Waals surface area contributed by atoms with Gasteiger partial charge in [-0.05, 0) is 0 Å². The van der Waals surface area contributed by atoms with E-state index in [-0.39, 0.29) is 0 Å². The molecule has 0 saturated carbocycles. The third kappa shape index (κ3) is 10.8. The number of hydrogen-bond donors (Lipinski definition) is 1. The van der Waals surface area contributed by atoms with Crippen molar-refractivity contribution < 1.29 is 5.11 Å². The van der Waals surface area contributed by atoms with Crippen LogP contribution in [0, 0.1) is 0 Å². The minimum atomic E-state index is -1.43. The van der Waals surface area contributed by atoms with E-state index in [0.717, 1.165) is 6.42 Å². The molecule has 1 nitrogen and oxygen atoms in total. The summed E-state index contributed by atoms with van der Waals surface area (Å²) in [6.45, 7) is 0.374. The van der Waals surface area contributed by atoms with Crippen LogP contribution in [0.1, 0.15) is 25.7 Å². The second-order valence-corrected chi connectivity index (χ2v) is 20.5. The molecule has 0 aliphatic rings. The topological polar surface area (TPSA) is 20.2 Å². The van der Waals surface area contributed by atoms with E-state index in [1.165, 1.54) is 23.7 Å². The van der Waals surface area contributed by atoms with Crippen molar-refractivity contribution in [2.45, 2.75) is 44.9 Å². The SMILES string of the molecule is [CH3][Sn]([CH3])([CH3])[CH2]CCCCCO. The molecule has 0 fully saturated rings. The van der Waals surface area contributed by atoms with Gasteiger partial charge in [0.05, 0.1) is 0 Å². The minimum absolute atomic E-state index is 0.374. The van der Waals surface area contributed by atoms with Crippen LogP contribution >= 0.6 is 0 Å². The summed E-state index contributed by atoms with van der Waals surface area (Å²) in [5, 5.41) is 8.54. The molecular formula is C9H22OSn.